The van der Waals surface area contributed by atoms with Crippen LogP contribution in [-0.2, 0) is 14.3 Å². The average Bonchev–Trinajstić information content (AvgIpc) is 2.65. The molecule has 1 aliphatic heterocycles. The summed E-state index contributed by atoms with van der Waals surface area (Å²) in [6.45, 7) is 2.47. The summed E-state index contributed by atoms with van der Waals surface area (Å²) in [6.07, 6.45) is 7.66. The Kier molecular flexibility index (Phi) is 5.26. The Morgan fingerprint density at radius 1 is 1.24 bits per heavy atom. The SMILES string of the molecule is O=C(OCC1CCCCCC1)C1COCCN1. The fourth-order valence-corrected chi connectivity index (χ4v) is 2.55. The molecule has 0 aromatic rings. The second kappa shape index (κ2) is 6.97. The van der Waals surface area contributed by atoms with Gasteiger partial charge >= 0.3 is 5.97 Å². The lowest BCUT2D eigenvalue weighted by Gasteiger charge is -2.23. The first kappa shape index (κ1) is 12.8. The fourth-order valence-electron chi connectivity index (χ4n) is 2.55. The van der Waals surface area contributed by atoms with Gasteiger partial charge in [0.25, 0.3) is 0 Å². The molecular weight excluding hydrogens is 218 g/mol. The fraction of sp³-hybridized carbons (Fsp3) is 0.923. The number of ether oxygens (including phenoxy) is 2. The minimum Gasteiger partial charge on any atom is -0.464 e. The van der Waals surface area contributed by atoms with E-state index in [0.29, 0.717) is 25.7 Å². The molecule has 0 radical (unpaired) electrons. The van der Waals surface area contributed by atoms with Crippen molar-refractivity contribution in [2.45, 2.75) is 44.6 Å². The summed E-state index contributed by atoms with van der Waals surface area (Å²) in [5, 5.41) is 3.12. The van der Waals surface area contributed by atoms with Crippen molar-refractivity contribution in [1.29, 1.82) is 0 Å². The molecule has 0 aromatic carbocycles. The Morgan fingerprint density at radius 3 is 2.65 bits per heavy atom. The van der Waals surface area contributed by atoms with Gasteiger partial charge in [-0.05, 0) is 18.8 Å². The summed E-state index contributed by atoms with van der Waals surface area (Å²) in [6, 6.07) is -0.255. The quantitative estimate of drug-likeness (QED) is 0.600. The van der Waals surface area contributed by atoms with Crippen LogP contribution in [0.5, 0.6) is 0 Å². The zero-order valence-electron chi connectivity index (χ0n) is 10.5. The van der Waals surface area contributed by atoms with Crippen molar-refractivity contribution in [2.75, 3.05) is 26.4 Å². The topological polar surface area (TPSA) is 47.6 Å². The maximum atomic E-state index is 11.8. The first-order valence-electron chi connectivity index (χ1n) is 6.84. The van der Waals surface area contributed by atoms with Gasteiger partial charge in [-0.3, -0.25) is 4.79 Å². The normalized spacial score (nSPS) is 27.4. The van der Waals surface area contributed by atoms with Crippen LogP contribution in [0.15, 0.2) is 0 Å². The van der Waals surface area contributed by atoms with Crippen LogP contribution >= 0.6 is 0 Å². The van der Waals surface area contributed by atoms with Crippen molar-refractivity contribution in [2.24, 2.45) is 5.92 Å². The summed E-state index contributed by atoms with van der Waals surface area (Å²) >= 11 is 0. The number of morpholine rings is 1. The van der Waals surface area contributed by atoms with E-state index in [-0.39, 0.29) is 12.0 Å². The van der Waals surface area contributed by atoms with Crippen LogP contribution in [0.1, 0.15) is 38.5 Å². The maximum Gasteiger partial charge on any atom is 0.325 e. The van der Waals surface area contributed by atoms with Gasteiger partial charge in [-0.25, -0.2) is 0 Å². The molecule has 1 heterocycles. The molecule has 0 bridgehead atoms. The lowest BCUT2D eigenvalue weighted by molar-refractivity contribution is -0.150. The van der Waals surface area contributed by atoms with Crippen molar-refractivity contribution >= 4 is 5.97 Å². The van der Waals surface area contributed by atoms with E-state index in [9.17, 15) is 4.79 Å². The third-order valence-corrected chi connectivity index (χ3v) is 3.64. The van der Waals surface area contributed by atoms with Gasteiger partial charge in [0.05, 0.1) is 19.8 Å². The van der Waals surface area contributed by atoms with Crippen molar-refractivity contribution in [3.63, 3.8) is 0 Å². The third kappa shape index (κ3) is 4.28. The van der Waals surface area contributed by atoms with Gasteiger partial charge in [0.15, 0.2) is 0 Å². The van der Waals surface area contributed by atoms with E-state index in [1.54, 1.807) is 0 Å². The molecule has 1 saturated carbocycles. The minimum absolute atomic E-state index is 0.144. The summed E-state index contributed by atoms with van der Waals surface area (Å²) in [5.74, 6) is 0.430. The van der Waals surface area contributed by atoms with E-state index in [1.165, 1.54) is 38.5 Å². The predicted octanol–water partition coefficient (Wildman–Crippen LogP) is 1.49. The number of carbonyl (C=O) groups is 1. The Morgan fingerprint density at radius 2 is 2.00 bits per heavy atom. The summed E-state index contributed by atoms with van der Waals surface area (Å²) in [5.41, 5.74) is 0. The molecule has 0 amide bonds. The van der Waals surface area contributed by atoms with Crippen molar-refractivity contribution in [3.8, 4) is 0 Å². The number of hydrogen-bond donors (Lipinski definition) is 1. The highest BCUT2D eigenvalue weighted by Crippen LogP contribution is 2.23. The lowest BCUT2D eigenvalue weighted by Crippen LogP contribution is -2.47. The standard InChI is InChI=1S/C13H23NO3/c15-13(12-10-16-8-7-14-12)17-9-11-5-3-1-2-4-6-11/h11-12,14H,1-10H2. The molecule has 1 N–H and O–H groups in total. The van der Waals surface area contributed by atoms with Gasteiger partial charge in [-0.15, -0.1) is 0 Å². The highest BCUT2D eigenvalue weighted by atomic mass is 16.5. The number of hydrogen-bond acceptors (Lipinski definition) is 4. The van der Waals surface area contributed by atoms with E-state index in [4.69, 9.17) is 9.47 Å². The zero-order chi connectivity index (χ0) is 11.9. The van der Waals surface area contributed by atoms with Crippen molar-refractivity contribution in [1.82, 2.24) is 5.32 Å². The van der Waals surface area contributed by atoms with E-state index in [1.807, 2.05) is 0 Å². The lowest BCUT2D eigenvalue weighted by atomic mass is 10.0. The monoisotopic (exact) mass is 241 g/mol. The van der Waals surface area contributed by atoms with Gasteiger partial charge < -0.3 is 14.8 Å². The molecule has 0 spiro atoms. The van der Waals surface area contributed by atoms with Crippen LogP contribution in [-0.4, -0.2) is 38.4 Å². The Balaban J connectivity index is 1.67. The Bertz CT molecular complexity index is 231. The first-order valence-corrected chi connectivity index (χ1v) is 6.84. The van der Waals surface area contributed by atoms with Crippen LogP contribution in [0.2, 0.25) is 0 Å². The summed E-state index contributed by atoms with van der Waals surface area (Å²) in [4.78, 5) is 11.8. The van der Waals surface area contributed by atoms with Gasteiger partial charge in [-0.1, -0.05) is 25.7 Å². The van der Waals surface area contributed by atoms with Crippen LogP contribution in [0.3, 0.4) is 0 Å². The molecule has 17 heavy (non-hydrogen) atoms. The first-order chi connectivity index (χ1) is 8.36. The molecule has 2 fully saturated rings. The zero-order valence-corrected chi connectivity index (χ0v) is 10.5. The molecule has 2 aliphatic rings. The van der Waals surface area contributed by atoms with E-state index < -0.39 is 0 Å². The van der Waals surface area contributed by atoms with Gasteiger partial charge in [-0.2, -0.15) is 0 Å². The predicted molar refractivity (Wildman–Crippen MR) is 64.8 cm³/mol. The Hall–Kier alpha value is -0.610. The number of rotatable bonds is 3. The van der Waals surface area contributed by atoms with E-state index in [2.05, 4.69) is 5.32 Å². The number of carbonyl (C=O) groups excluding carboxylic acids is 1. The molecule has 1 saturated heterocycles. The van der Waals surface area contributed by atoms with Gasteiger partial charge in [0.2, 0.25) is 0 Å². The van der Waals surface area contributed by atoms with Crippen LogP contribution in [0.4, 0.5) is 0 Å². The van der Waals surface area contributed by atoms with Crippen LogP contribution in [0.25, 0.3) is 0 Å². The average molecular weight is 241 g/mol. The molecule has 1 aliphatic carbocycles. The molecule has 4 nitrogen and oxygen atoms in total. The molecule has 0 aromatic heterocycles. The number of esters is 1. The maximum absolute atomic E-state index is 11.8. The van der Waals surface area contributed by atoms with Crippen molar-refractivity contribution < 1.29 is 14.3 Å². The Labute approximate surface area is 103 Å². The summed E-state index contributed by atoms with van der Waals surface area (Å²) < 4.78 is 10.6. The molecule has 2 rings (SSSR count). The highest BCUT2D eigenvalue weighted by molar-refractivity contribution is 5.76. The van der Waals surface area contributed by atoms with Gasteiger partial charge in [0, 0.05) is 6.54 Å². The summed E-state index contributed by atoms with van der Waals surface area (Å²) in [7, 11) is 0. The smallest absolute Gasteiger partial charge is 0.325 e. The molecule has 1 unspecified atom stereocenters. The van der Waals surface area contributed by atoms with Crippen LogP contribution < -0.4 is 5.32 Å². The van der Waals surface area contributed by atoms with E-state index >= 15 is 0 Å². The number of nitrogens with one attached hydrogen (secondary N) is 1. The molecular formula is C13H23NO3. The van der Waals surface area contributed by atoms with Gasteiger partial charge in [0.1, 0.15) is 6.04 Å². The third-order valence-electron chi connectivity index (χ3n) is 3.64. The highest BCUT2D eigenvalue weighted by Gasteiger charge is 2.23. The molecule has 98 valence electrons. The largest absolute Gasteiger partial charge is 0.464 e. The minimum atomic E-state index is -0.255. The van der Waals surface area contributed by atoms with Crippen molar-refractivity contribution in [3.05, 3.63) is 0 Å². The second-order valence-corrected chi connectivity index (χ2v) is 5.07. The second-order valence-electron chi connectivity index (χ2n) is 5.07. The van der Waals surface area contributed by atoms with E-state index in [0.717, 1.165) is 6.54 Å². The molecule has 1 atom stereocenters. The van der Waals surface area contributed by atoms with Crippen LogP contribution in [0, 0.1) is 5.92 Å². The molecule has 4 heteroatoms.